The zero-order chi connectivity index (χ0) is 31.4. The molecule has 0 aromatic heterocycles. The van der Waals surface area contributed by atoms with E-state index < -0.39 is 100 Å². The number of ether oxygens (including phenoxy) is 6. The van der Waals surface area contributed by atoms with Crippen LogP contribution < -0.4 is 0 Å². The van der Waals surface area contributed by atoms with Gasteiger partial charge in [0.1, 0.15) is 23.9 Å². The van der Waals surface area contributed by atoms with Crippen molar-refractivity contribution in [1.82, 2.24) is 0 Å². The quantitative estimate of drug-likeness (QED) is 0.347. The Hall–Kier alpha value is -2.45. The lowest BCUT2D eigenvalue weighted by molar-refractivity contribution is -0.305. The highest BCUT2D eigenvalue weighted by Gasteiger charge is 2.91. The molecule has 5 fully saturated rings. The number of hydrogen-bond acceptors (Lipinski definition) is 12. The van der Waals surface area contributed by atoms with E-state index in [2.05, 4.69) is 0 Å². The van der Waals surface area contributed by atoms with Gasteiger partial charge >= 0.3 is 11.9 Å². The molecule has 12 nitrogen and oxygen atoms in total. The van der Waals surface area contributed by atoms with Gasteiger partial charge in [-0.25, -0.2) is 4.79 Å². The van der Waals surface area contributed by atoms with E-state index >= 15 is 0 Å². The van der Waals surface area contributed by atoms with Crippen LogP contribution in [0.5, 0.6) is 0 Å². The second kappa shape index (κ2) is 10.0. The fourth-order valence-electron chi connectivity index (χ4n) is 11.3. The van der Waals surface area contributed by atoms with Gasteiger partial charge in [-0.05, 0) is 24.5 Å². The second-order valence-corrected chi connectivity index (χ2v) is 13.5. The number of carbonyl (C=O) groups excluding carboxylic acids is 2. The molecule has 7 bridgehead atoms. The minimum Gasteiger partial charge on any atom is -0.455 e. The van der Waals surface area contributed by atoms with Crippen LogP contribution in [0, 0.1) is 34.5 Å². The third kappa shape index (κ3) is 3.30. The number of hydrogen-bond donors (Lipinski definition) is 3. The lowest BCUT2D eigenvalue weighted by atomic mass is 9.43. The standard InChI is InChI=1S/C32H41NO11/c1-15(34)44-32-20-17(12-30(38,27(42-5)25(32)36)26(20)43-28(37)16-9-7-6-8-10-16)31-19(40-3)11-18(35)29(14-39-2)13-33-24(31)21(32)22(41-4)23(29)31/h6-10,13,17-27,35-36,38H,11-12,14H2,1-5H3. The molecule has 1 heterocycles. The minimum atomic E-state index is -1.85. The number of benzene rings is 1. The predicted molar refractivity (Wildman–Crippen MR) is 152 cm³/mol. The molecule has 7 rings (SSSR count). The Balaban J connectivity index is 1.50. The third-order valence-corrected chi connectivity index (χ3v) is 12.2. The summed E-state index contributed by atoms with van der Waals surface area (Å²) in [4.78, 5) is 31.8. The highest BCUT2D eigenvalue weighted by molar-refractivity contribution is 5.89. The Morgan fingerprint density at radius 2 is 1.73 bits per heavy atom. The van der Waals surface area contributed by atoms with Crippen LogP contribution in [0.4, 0.5) is 0 Å². The fraction of sp³-hybridized carbons (Fsp3) is 0.719. The van der Waals surface area contributed by atoms with Gasteiger partial charge in [0.25, 0.3) is 0 Å². The molecule has 1 aromatic carbocycles. The molecule has 0 saturated heterocycles. The van der Waals surface area contributed by atoms with Crippen molar-refractivity contribution in [3.63, 3.8) is 0 Å². The molecule has 44 heavy (non-hydrogen) atoms. The average Bonchev–Trinajstić information content (AvgIpc) is 3.35. The van der Waals surface area contributed by atoms with Gasteiger partial charge in [-0.2, -0.15) is 0 Å². The van der Waals surface area contributed by atoms with Gasteiger partial charge in [0.15, 0.2) is 5.60 Å². The van der Waals surface area contributed by atoms with E-state index in [4.69, 9.17) is 33.4 Å². The molecule has 0 radical (unpaired) electrons. The zero-order valence-electron chi connectivity index (χ0n) is 25.5. The van der Waals surface area contributed by atoms with Crippen LogP contribution in [0.3, 0.4) is 0 Å². The first-order valence-electron chi connectivity index (χ1n) is 15.2. The lowest BCUT2D eigenvalue weighted by Gasteiger charge is -2.65. The summed E-state index contributed by atoms with van der Waals surface area (Å²) in [5.74, 6) is -3.99. The molecule has 3 N–H and O–H groups in total. The van der Waals surface area contributed by atoms with Crippen LogP contribution in [0.1, 0.15) is 30.1 Å². The summed E-state index contributed by atoms with van der Waals surface area (Å²) in [5, 5.41) is 36.7. The largest absolute Gasteiger partial charge is 0.455 e. The third-order valence-electron chi connectivity index (χ3n) is 12.2. The number of methoxy groups -OCH3 is 4. The first kappa shape index (κ1) is 30.2. The van der Waals surface area contributed by atoms with Crippen LogP contribution in [-0.2, 0) is 33.2 Å². The van der Waals surface area contributed by atoms with E-state index in [-0.39, 0.29) is 25.0 Å². The maximum atomic E-state index is 13.6. The van der Waals surface area contributed by atoms with Gasteiger partial charge in [0.2, 0.25) is 0 Å². The van der Waals surface area contributed by atoms with Crippen molar-refractivity contribution in [3.8, 4) is 0 Å². The molecule has 15 atom stereocenters. The van der Waals surface area contributed by atoms with Gasteiger partial charge in [-0.1, -0.05) is 18.2 Å². The predicted octanol–water partition coefficient (Wildman–Crippen LogP) is 0.397. The molecule has 5 saturated carbocycles. The van der Waals surface area contributed by atoms with Crippen molar-refractivity contribution in [3.05, 3.63) is 35.9 Å². The number of aliphatic hydroxyl groups is 3. The highest BCUT2D eigenvalue weighted by Crippen LogP contribution is 2.79. The number of aliphatic imine (C=N–C) groups is 1. The number of fused-ring (bicyclic) bond motifs is 2. The molecule has 15 unspecified atom stereocenters. The maximum Gasteiger partial charge on any atom is 0.338 e. The first-order chi connectivity index (χ1) is 21.0. The molecule has 240 valence electrons. The van der Waals surface area contributed by atoms with Crippen molar-refractivity contribution in [2.24, 2.45) is 39.5 Å². The summed E-state index contributed by atoms with van der Waals surface area (Å²) in [6.45, 7) is 1.40. The Labute approximate surface area is 255 Å². The van der Waals surface area contributed by atoms with E-state index in [1.165, 1.54) is 14.0 Å². The van der Waals surface area contributed by atoms with Crippen LogP contribution in [0.25, 0.3) is 0 Å². The maximum absolute atomic E-state index is 13.6. The number of nitrogens with zero attached hydrogens (tertiary/aromatic N) is 1. The summed E-state index contributed by atoms with van der Waals surface area (Å²) < 4.78 is 36.7. The van der Waals surface area contributed by atoms with Gasteiger partial charge in [0.05, 0.1) is 47.9 Å². The van der Waals surface area contributed by atoms with E-state index in [0.717, 1.165) is 0 Å². The molecule has 1 aliphatic heterocycles. The Bertz CT molecular complexity index is 1360. The van der Waals surface area contributed by atoms with Crippen molar-refractivity contribution in [2.75, 3.05) is 35.0 Å². The average molecular weight is 616 g/mol. The Morgan fingerprint density at radius 3 is 2.34 bits per heavy atom. The first-order valence-corrected chi connectivity index (χ1v) is 15.2. The molecular formula is C32H41NO11. The van der Waals surface area contributed by atoms with E-state index in [1.54, 1.807) is 57.9 Å². The number of aliphatic hydroxyl groups excluding tert-OH is 2. The van der Waals surface area contributed by atoms with Gasteiger partial charge < -0.3 is 43.7 Å². The number of esters is 2. The fourth-order valence-corrected chi connectivity index (χ4v) is 11.3. The van der Waals surface area contributed by atoms with Crippen molar-refractivity contribution in [1.29, 1.82) is 0 Å². The molecule has 1 spiro atoms. The van der Waals surface area contributed by atoms with Crippen molar-refractivity contribution >= 4 is 18.2 Å². The summed E-state index contributed by atoms with van der Waals surface area (Å²) in [7, 11) is 6.08. The summed E-state index contributed by atoms with van der Waals surface area (Å²) in [5.41, 5.74) is -5.16. The summed E-state index contributed by atoms with van der Waals surface area (Å²) in [6, 6.07) is 7.86. The molecule has 12 heteroatoms. The van der Waals surface area contributed by atoms with Crippen LogP contribution >= 0.6 is 0 Å². The van der Waals surface area contributed by atoms with Gasteiger partial charge in [0, 0.05) is 65.2 Å². The van der Waals surface area contributed by atoms with Gasteiger partial charge in [-0.3, -0.25) is 9.79 Å². The van der Waals surface area contributed by atoms with Crippen molar-refractivity contribution < 1.29 is 53.3 Å². The van der Waals surface area contributed by atoms with E-state index in [9.17, 15) is 24.9 Å². The SMILES string of the molecule is COCC12C=NC3C4C(OC)C1C3(C(OC)CC2O)C1CC2(O)C(OC)C(O)C4(OC(C)=O)C1C2OC(=O)c1ccccc1. The monoisotopic (exact) mass is 615 g/mol. The van der Waals surface area contributed by atoms with Crippen LogP contribution in [-0.4, -0.2) is 122 Å². The smallest absolute Gasteiger partial charge is 0.338 e. The topological polar surface area (TPSA) is 163 Å². The molecule has 5 aliphatic carbocycles. The Kier molecular flexibility index (Phi) is 6.88. The summed E-state index contributed by atoms with van der Waals surface area (Å²) in [6.07, 6.45) is -4.13. The van der Waals surface area contributed by atoms with Crippen molar-refractivity contribution in [2.45, 2.75) is 73.6 Å². The van der Waals surface area contributed by atoms with Gasteiger partial charge in [-0.15, -0.1) is 0 Å². The zero-order valence-corrected chi connectivity index (χ0v) is 25.5. The van der Waals surface area contributed by atoms with E-state index in [0.29, 0.717) is 0 Å². The summed E-state index contributed by atoms with van der Waals surface area (Å²) >= 11 is 0. The minimum absolute atomic E-state index is 0.0354. The van der Waals surface area contributed by atoms with E-state index in [1.807, 2.05) is 0 Å². The molecular weight excluding hydrogens is 574 g/mol. The Morgan fingerprint density at radius 1 is 1.00 bits per heavy atom. The second-order valence-electron chi connectivity index (χ2n) is 13.5. The number of rotatable bonds is 8. The molecule has 0 amide bonds. The molecule has 1 aromatic rings. The number of carbonyl (C=O) groups is 2. The van der Waals surface area contributed by atoms with Crippen LogP contribution in [0.15, 0.2) is 35.3 Å². The lowest BCUT2D eigenvalue weighted by Crippen LogP contribution is -2.78. The molecule has 6 aliphatic rings. The highest BCUT2D eigenvalue weighted by atomic mass is 16.6. The normalized spacial score (nSPS) is 50.8. The van der Waals surface area contributed by atoms with Crippen LogP contribution in [0.2, 0.25) is 0 Å².